The van der Waals surface area contributed by atoms with E-state index in [1.807, 2.05) is 25.1 Å². The van der Waals surface area contributed by atoms with Crippen molar-refractivity contribution >= 4 is 81.8 Å². The van der Waals surface area contributed by atoms with Crippen LogP contribution in [-0.2, 0) is 57.6 Å². The van der Waals surface area contributed by atoms with Crippen LogP contribution in [0.5, 0.6) is 0 Å². The molecule has 0 bridgehead atoms. The fraction of sp³-hybridized carbons (Fsp3) is 0.491. The number of alkyl carbamates (subject to hydrolysis) is 1. The van der Waals surface area contributed by atoms with Gasteiger partial charge in [-0.25, -0.2) is 14.2 Å². The summed E-state index contributed by atoms with van der Waals surface area (Å²) in [6.07, 6.45) is -1.20. The number of hydrogen-bond donors (Lipinski definition) is 7. The zero-order chi connectivity index (χ0) is 57.5. The van der Waals surface area contributed by atoms with Gasteiger partial charge in [0.2, 0.25) is 41.4 Å². The van der Waals surface area contributed by atoms with Crippen LogP contribution in [0.2, 0.25) is 5.02 Å². The number of amides is 8. The number of aliphatic hydroxyl groups is 1. The Morgan fingerprint density at radius 1 is 0.899 bits per heavy atom. The van der Waals surface area contributed by atoms with Gasteiger partial charge in [-0.15, -0.1) is 11.3 Å². The second kappa shape index (κ2) is 25.4. The number of likely N-dealkylation sites (tertiary alicyclic amines) is 1. The van der Waals surface area contributed by atoms with Gasteiger partial charge in [0.25, 0.3) is 0 Å². The summed E-state index contributed by atoms with van der Waals surface area (Å²) in [5.74, 6) is -4.27. The molecule has 7 atom stereocenters. The molecule has 7 rings (SSSR count). The molecule has 3 aliphatic rings. The number of nitrogens with two attached hydrogens (primary N) is 1. The van der Waals surface area contributed by atoms with E-state index in [1.165, 1.54) is 21.1 Å². The molecule has 3 aliphatic heterocycles. The van der Waals surface area contributed by atoms with Gasteiger partial charge in [-0.05, 0) is 100.0 Å². The standard InChI is InChI=1S/C57H71ClFN9O10S/c1-31-47(79-30-61-31)34-19-21-35(22-20-34)49(59)66-51(73)41-28-37(69)29-67(41)54(76)48(56(2,3)4)65-44(71)18-10-8-9-13-32-14-12-17-38(45(32)58)62-50(72)39(25-26-43(60)70)63-52(74)42-27-36-16-11-15-33-23-24-40(53(75)68(42)46(33)36)64-55(77)78-57(5,6)7/h11-12,14-17,19-22,30,37,39-42,48-49,69H,8-10,13,18,23-29H2,1-7H3,(H2,60,70)(H,62,72)(H,63,74)(H,64,77)(H,65,71)(H,66,73)/t37-,39+,40+,41+,42+,48-,49-/m1/s1. The number of alkyl halides is 1. The lowest BCUT2D eigenvalue weighted by molar-refractivity contribution is -0.144. The van der Waals surface area contributed by atoms with Crippen molar-refractivity contribution in [3.8, 4) is 10.4 Å². The molecule has 19 nitrogen and oxygen atoms in total. The zero-order valence-corrected chi connectivity index (χ0v) is 47.2. The normalized spacial score (nSPS) is 19.1. The maximum Gasteiger partial charge on any atom is 0.408 e. The number of primary amides is 1. The van der Waals surface area contributed by atoms with Crippen molar-refractivity contribution in [1.82, 2.24) is 31.2 Å². The number of aliphatic hydroxyl groups excluding tert-OH is 1. The van der Waals surface area contributed by atoms with E-state index in [4.69, 9.17) is 22.1 Å². The number of ether oxygens (including phenoxy) is 1. The van der Waals surface area contributed by atoms with Crippen molar-refractivity contribution in [3.63, 3.8) is 0 Å². The highest BCUT2D eigenvalue weighted by Crippen LogP contribution is 2.40. The molecular formula is C57H71ClFN9O10S. The number of anilines is 2. The number of nitrogens with zero attached hydrogens (tertiary/aromatic N) is 3. The third-order valence-electron chi connectivity index (χ3n) is 14.2. The van der Waals surface area contributed by atoms with Gasteiger partial charge in [-0.1, -0.05) is 93.4 Å². The van der Waals surface area contributed by atoms with Crippen molar-refractivity contribution in [1.29, 1.82) is 0 Å². The van der Waals surface area contributed by atoms with Crippen LogP contribution >= 0.6 is 22.9 Å². The van der Waals surface area contributed by atoms with Crippen molar-refractivity contribution in [2.24, 2.45) is 11.1 Å². The van der Waals surface area contributed by atoms with E-state index in [0.717, 1.165) is 27.3 Å². The molecule has 8 N–H and O–H groups in total. The van der Waals surface area contributed by atoms with Crippen LogP contribution in [0.3, 0.4) is 0 Å². The number of β-amino-alcohol motifs (C(OH)–C–C–N with tert-alkyl or cyclic N) is 1. The minimum atomic E-state index is -1.88. The molecule has 0 spiro atoms. The molecule has 1 aromatic heterocycles. The number of carbonyl (C=O) groups excluding carboxylic acids is 8. The quantitative estimate of drug-likeness (QED) is 0.0364. The van der Waals surface area contributed by atoms with E-state index in [0.29, 0.717) is 43.4 Å². The number of benzene rings is 3. The SMILES string of the molecule is Cc1ncsc1-c1ccc([C@H](F)NC(=O)[C@@H]2C[C@@H](O)CN2C(=O)[C@@H](NC(=O)CCCCCc2cccc(NC(=O)[C@H](CCC(N)=O)NC(=O)[C@@H]3Cc4cccc5c4N3C(=O)[C@@H](NC(=O)OC(C)(C)C)CC5)c2Cl)C(C)(C)C)cc1. The molecule has 22 heteroatoms. The molecular weight excluding hydrogens is 1060 g/mol. The summed E-state index contributed by atoms with van der Waals surface area (Å²) in [6, 6.07) is 11.7. The van der Waals surface area contributed by atoms with Gasteiger partial charge in [-0.2, -0.15) is 0 Å². The average molecular weight is 1130 g/mol. The maximum absolute atomic E-state index is 15.5. The molecule has 3 aromatic carbocycles. The first-order valence-electron chi connectivity index (χ1n) is 26.6. The highest BCUT2D eigenvalue weighted by atomic mass is 35.5. The smallest absolute Gasteiger partial charge is 0.408 e. The molecule has 0 aliphatic carbocycles. The number of nitrogens with one attached hydrogen (secondary N) is 5. The number of para-hydroxylation sites is 1. The van der Waals surface area contributed by atoms with Gasteiger partial charge in [-0.3, -0.25) is 38.5 Å². The number of thiazole rings is 1. The molecule has 0 radical (unpaired) electrons. The van der Waals surface area contributed by atoms with Crippen LogP contribution in [0.4, 0.5) is 20.6 Å². The molecule has 8 amide bonds. The third kappa shape index (κ3) is 15.0. The Hall–Kier alpha value is -6.97. The molecule has 424 valence electrons. The summed E-state index contributed by atoms with van der Waals surface area (Å²) in [5, 5.41) is 24.3. The fourth-order valence-electron chi connectivity index (χ4n) is 10.2. The van der Waals surface area contributed by atoms with Crippen molar-refractivity contribution in [2.45, 2.75) is 167 Å². The first-order chi connectivity index (χ1) is 37.3. The lowest BCUT2D eigenvalue weighted by Gasteiger charge is -2.35. The Labute approximate surface area is 468 Å². The summed E-state index contributed by atoms with van der Waals surface area (Å²) in [7, 11) is 0. The van der Waals surface area contributed by atoms with Crippen molar-refractivity contribution < 1.29 is 52.6 Å². The summed E-state index contributed by atoms with van der Waals surface area (Å²) in [6.45, 7) is 12.2. The average Bonchev–Trinajstić information content (AvgIpc) is 4.10. The van der Waals surface area contributed by atoms with Crippen LogP contribution in [0, 0.1) is 12.3 Å². The number of hydrogen-bond acceptors (Lipinski definition) is 12. The predicted octanol–water partition coefficient (Wildman–Crippen LogP) is 6.64. The number of halogens is 2. The van der Waals surface area contributed by atoms with E-state index in [-0.39, 0.29) is 61.3 Å². The van der Waals surface area contributed by atoms with Gasteiger partial charge >= 0.3 is 6.09 Å². The molecule has 0 unspecified atom stereocenters. The summed E-state index contributed by atoms with van der Waals surface area (Å²) in [5.41, 5.74) is 10.6. The van der Waals surface area contributed by atoms with Crippen molar-refractivity contribution in [3.05, 3.63) is 99.1 Å². The number of aryl methyl sites for hydroxylation is 3. The second-order valence-corrected chi connectivity index (χ2v) is 23.7. The Balaban J connectivity index is 0.916. The van der Waals surface area contributed by atoms with Gasteiger partial charge in [0.05, 0.1) is 38.6 Å². The van der Waals surface area contributed by atoms with E-state index in [9.17, 15) is 43.5 Å². The molecule has 1 fully saturated rings. The zero-order valence-electron chi connectivity index (χ0n) is 45.6. The van der Waals surface area contributed by atoms with E-state index in [2.05, 4.69) is 31.6 Å². The van der Waals surface area contributed by atoms with Gasteiger partial charge in [0.15, 0.2) is 6.30 Å². The van der Waals surface area contributed by atoms with Gasteiger partial charge < -0.3 is 47.1 Å². The molecule has 79 heavy (non-hydrogen) atoms. The number of unbranched alkanes of at least 4 members (excludes halogenated alkanes) is 2. The van der Waals surface area contributed by atoms with Crippen molar-refractivity contribution in [2.75, 3.05) is 16.8 Å². The van der Waals surface area contributed by atoms with Gasteiger partial charge in [0, 0.05) is 37.8 Å². The molecule has 0 saturated carbocycles. The first-order valence-corrected chi connectivity index (χ1v) is 27.9. The van der Waals surface area contributed by atoms with E-state index >= 15 is 4.39 Å². The highest BCUT2D eigenvalue weighted by molar-refractivity contribution is 7.13. The first kappa shape index (κ1) is 59.7. The Morgan fingerprint density at radius 2 is 1.59 bits per heavy atom. The predicted molar refractivity (Wildman–Crippen MR) is 297 cm³/mol. The second-order valence-electron chi connectivity index (χ2n) is 22.5. The highest BCUT2D eigenvalue weighted by Gasteiger charge is 2.47. The topological polar surface area (TPSA) is 272 Å². The monoisotopic (exact) mass is 1130 g/mol. The Morgan fingerprint density at radius 3 is 2.27 bits per heavy atom. The lowest BCUT2D eigenvalue weighted by atomic mass is 9.85. The van der Waals surface area contributed by atoms with E-state index in [1.54, 1.807) is 89.5 Å². The molecule has 1 saturated heterocycles. The largest absolute Gasteiger partial charge is 0.444 e. The Bertz CT molecular complexity index is 2940. The lowest BCUT2D eigenvalue weighted by Crippen LogP contribution is -2.57. The minimum absolute atomic E-state index is 0.0725. The van der Waals surface area contributed by atoms with Gasteiger partial charge in [0.1, 0.15) is 35.8 Å². The van der Waals surface area contributed by atoms with E-state index < -0.39 is 101 Å². The molecule has 4 heterocycles. The number of aromatic nitrogens is 1. The third-order valence-corrected chi connectivity index (χ3v) is 15.6. The van der Waals surface area contributed by atoms with Crippen LogP contribution in [-0.4, -0.2) is 111 Å². The summed E-state index contributed by atoms with van der Waals surface area (Å²) >= 11 is 8.33. The fourth-order valence-corrected chi connectivity index (χ4v) is 11.2. The van der Waals surface area contributed by atoms with Crippen LogP contribution in [0.15, 0.2) is 66.2 Å². The molecule has 4 aromatic rings. The van der Waals surface area contributed by atoms with Crippen LogP contribution in [0.25, 0.3) is 10.4 Å². The minimum Gasteiger partial charge on any atom is -0.444 e. The number of rotatable bonds is 20. The summed E-state index contributed by atoms with van der Waals surface area (Å²) in [4.78, 5) is 116. The number of carbonyl (C=O) groups is 8. The summed E-state index contributed by atoms with van der Waals surface area (Å²) < 4.78 is 21.0. The van der Waals surface area contributed by atoms with Crippen LogP contribution < -0.4 is 37.2 Å². The van der Waals surface area contributed by atoms with Crippen LogP contribution in [0.1, 0.15) is 127 Å². The maximum atomic E-state index is 15.5. The Kier molecular flexibility index (Phi) is 19.2.